The van der Waals surface area contributed by atoms with E-state index in [4.69, 9.17) is 0 Å². The molecule has 1 aromatic carbocycles. The monoisotopic (exact) mass is 408 g/mol. The van der Waals surface area contributed by atoms with Crippen LogP contribution in [0.25, 0.3) is 0 Å². The molecule has 0 radical (unpaired) electrons. The summed E-state index contributed by atoms with van der Waals surface area (Å²) >= 11 is 0. The minimum absolute atomic E-state index is 0.00152. The van der Waals surface area contributed by atoms with E-state index in [1.54, 1.807) is 0 Å². The van der Waals surface area contributed by atoms with E-state index in [2.05, 4.69) is 15.6 Å². The molecule has 0 atom stereocenters. The number of nitrogens with zero attached hydrogens (tertiary/aromatic N) is 2. The van der Waals surface area contributed by atoms with E-state index >= 15 is 0 Å². The highest BCUT2D eigenvalue weighted by molar-refractivity contribution is 7.89. The average Bonchev–Trinajstić information content (AvgIpc) is 2.67. The lowest BCUT2D eigenvalue weighted by Crippen LogP contribution is -2.41. The Bertz CT molecular complexity index is 905. The van der Waals surface area contributed by atoms with Crippen LogP contribution in [0.3, 0.4) is 0 Å². The molecule has 2 aromatic rings. The minimum atomic E-state index is -3.80. The Labute approximate surface area is 162 Å². The Hall–Kier alpha value is -2.85. The maximum atomic E-state index is 12.8. The van der Waals surface area contributed by atoms with Crippen molar-refractivity contribution in [1.29, 1.82) is 0 Å². The summed E-state index contributed by atoms with van der Waals surface area (Å²) in [5.41, 5.74) is 0.671. The lowest BCUT2D eigenvalue weighted by molar-refractivity contribution is -0.122. The van der Waals surface area contributed by atoms with Crippen LogP contribution in [-0.2, 0) is 26.0 Å². The van der Waals surface area contributed by atoms with Gasteiger partial charge in [-0.3, -0.25) is 14.6 Å². The van der Waals surface area contributed by atoms with Crippen molar-refractivity contribution < 1.29 is 22.4 Å². The fourth-order valence-electron chi connectivity index (χ4n) is 2.28. The van der Waals surface area contributed by atoms with Gasteiger partial charge in [0.2, 0.25) is 21.8 Å². The van der Waals surface area contributed by atoms with Crippen molar-refractivity contribution >= 4 is 21.8 Å². The normalized spacial score (nSPS) is 11.2. The second-order valence-electron chi connectivity index (χ2n) is 5.95. The molecule has 0 unspecified atom stereocenters. The van der Waals surface area contributed by atoms with Crippen LogP contribution in [0.1, 0.15) is 5.56 Å². The van der Waals surface area contributed by atoms with Crippen molar-refractivity contribution in [2.24, 2.45) is 0 Å². The minimum Gasteiger partial charge on any atom is -0.354 e. The highest BCUT2D eigenvalue weighted by Gasteiger charge is 2.22. The van der Waals surface area contributed by atoms with Crippen LogP contribution >= 0.6 is 0 Å². The third kappa shape index (κ3) is 6.39. The van der Waals surface area contributed by atoms with Gasteiger partial charge in [0, 0.05) is 32.5 Å². The van der Waals surface area contributed by atoms with Crippen LogP contribution in [0.2, 0.25) is 0 Å². The van der Waals surface area contributed by atoms with E-state index in [0.717, 1.165) is 4.31 Å². The smallest absolute Gasteiger partial charge is 0.244 e. The zero-order chi connectivity index (χ0) is 20.6. The number of carbonyl (C=O) groups is 2. The molecule has 10 heteroatoms. The van der Waals surface area contributed by atoms with Gasteiger partial charge in [-0.2, -0.15) is 4.31 Å². The predicted octanol–water partition coefficient (Wildman–Crippen LogP) is 0.316. The van der Waals surface area contributed by atoms with Crippen molar-refractivity contribution in [3.8, 4) is 0 Å². The Morgan fingerprint density at radius 2 is 1.71 bits per heavy atom. The van der Waals surface area contributed by atoms with Crippen molar-refractivity contribution in [3.05, 3.63) is 60.2 Å². The number of benzene rings is 1. The van der Waals surface area contributed by atoms with Gasteiger partial charge >= 0.3 is 0 Å². The van der Waals surface area contributed by atoms with Crippen LogP contribution in [0.4, 0.5) is 4.39 Å². The van der Waals surface area contributed by atoms with Crippen LogP contribution in [0, 0.1) is 5.82 Å². The van der Waals surface area contributed by atoms with E-state index < -0.39 is 15.9 Å². The van der Waals surface area contributed by atoms with Gasteiger partial charge in [-0.25, -0.2) is 12.8 Å². The van der Waals surface area contributed by atoms with Crippen LogP contribution in [0.15, 0.2) is 53.7 Å². The maximum Gasteiger partial charge on any atom is 0.244 e. The molecule has 1 heterocycles. The number of hydrogen-bond acceptors (Lipinski definition) is 5. The molecule has 0 spiro atoms. The number of carbonyl (C=O) groups excluding carboxylic acids is 2. The van der Waals surface area contributed by atoms with Crippen LogP contribution < -0.4 is 10.6 Å². The molecule has 2 N–H and O–H groups in total. The molecule has 1 aromatic heterocycles. The molecule has 2 rings (SSSR count). The fourth-order valence-corrected chi connectivity index (χ4v) is 3.37. The first kappa shape index (κ1) is 21.5. The number of rotatable bonds is 9. The summed E-state index contributed by atoms with van der Waals surface area (Å²) in [6.07, 6.45) is 2.76. The number of likely N-dealkylation sites (N-methyl/N-ethyl adjacent to an activating group) is 1. The van der Waals surface area contributed by atoms with Gasteiger partial charge in [-0.05, 0) is 29.8 Å². The van der Waals surface area contributed by atoms with Crippen molar-refractivity contribution in [3.63, 3.8) is 0 Å². The van der Waals surface area contributed by atoms with Gasteiger partial charge in [0.05, 0.1) is 13.0 Å². The quantitative estimate of drug-likeness (QED) is 0.581. The van der Waals surface area contributed by atoms with Crippen molar-refractivity contribution in [2.75, 3.05) is 26.7 Å². The van der Waals surface area contributed by atoms with Crippen molar-refractivity contribution in [1.82, 2.24) is 19.9 Å². The molecular weight excluding hydrogens is 387 g/mol. The highest BCUT2D eigenvalue weighted by atomic mass is 32.2. The lowest BCUT2D eigenvalue weighted by atomic mass is 10.1. The van der Waals surface area contributed by atoms with E-state index in [9.17, 15) is 22.4 Å². The summed E-state index contributed by atoms with van der Waals surface area (Å²) in [6, 6.07) is 8.49. The Morgan fingerprint density at radius 1 is 1.07 bits per heavy atom. The van der Waals surface area contributed by atoms with E-state index in [-0.39, 0.29) is 42.7 Å². The van der Waals surface area contributed by atoms with Gasteiger partial charge in [0.1, 0.15) is 10.7 Å². The van der Waals surface area contributed by atoms with Gasteiger partial charge in [0.15, 0.2) is 0 Å². The summed E-state index contributed by atoms with van der Waals surface area (Å²) in [7, 11) is -2.50. The molecule has 0 saturated carbocycles. The predicted molar refractivity (Wildman–Crippen MR) is 100 cm³/mol. The van der Waals surface area contributed by atoms with E-state index in [1.807, 2.05) is 0 Å². The molecule has 0 fully saturated rings. The van der Waals surface area contributed by atoms with Gasteiger partial charge in [-0.15, -0.1) is 0 Å². The molecule has 2 amide bonds. The zero-order valence-electron chi connectivity index (χ0n) is 15.3. The second-order valence-corrected chi connectivity index (χ2v) is 8.00. The van der Waals surface area contributed by atoms with Gasteiger partial charge < -0.3 is 10.6 Å². The summed E-state index contributed by atoms with van der Waals surface area (Å²) < 4.78 is 38.4. The molecule has 150 valence electrons. The molecular formula is C18H21FN4O4S. The standard InChI is InChI=1S/C18H21FN4O4S/c1-23(28(26,27)16-3-2-8-20-12-16)13-18(25)22-10-9-21-17(24)11-14-4-6-15(19)7-5-14/h2-8,12H,9-11,13H2,1H3,(H,21,24)(H,22,25). The first-order chi connectivity index (χ1) is 13.3. The number of halogens is 1. The molecule has 8 nitrogen and oxygen atoms in total. The molecule has 0 aliphatic rings. The SMILES string of the molecule is CN(CC(=O)NCCNC(=O)Cc1ccc(F)cc1)S(=O)(=O)c1cccnc1. The number of aromatic nitrogens is 1. The number of amides is 2. The Kier molecular flexibility index (Phi) is 7.59. The molecule has 0 bridgehead atoms. The lowest BCUT2D eigenvalue weighted by Gasteiger charge is -2.16. The molecule has 28 heavy (non-hydrogen) atoms. The Balaban J connectivity index is 1.71. The number of nitrogens with one attached hydrogen (secondary N) is 2. The summed E-state index contributed by atoms with van der Waals surface area (Å²) in [5.74, 6) is -1.14. The number of pyridine rings is 1. The molecule has 0 saturated heterocycles. The average molecular weight is 408 g/mol. The molecule has 0 aliphatic carbocycles. The zero-order valence-corrected chi connectivity index (χ0v) is 16.1. The largest absolute Gasteiger partial charge is 0.354 e. The second kappa shape index (κ2) is 9.90. The van der Waals surface area contributed by atoms with Gasteiger partial charge in [-0.1, -0.05) is 12.1 Å². The van der Waals surface area contributed by atoms with E-state index in [0.29, 0.717) is 5.56 Å². The summed E-state index contributed by atoms with van der Waals surface area (Å²) in [6.45, 7) is -0.0274. The van der Waals surface area contributed by atoms with Crippen LogP contribution in [-0.4, -0.2) is 56.2 Å². The molecule has 0 aliphatic heterocycles. The van der Waals surface area contributed by atoms with Crippen LogP contribution in [0.5, 0.6) is 0 Å². The number of sulfonamides is 1. The first-order valence-corrected chi connectivity index (χ1v) is 9.87. The highest BCUT2D eigenvalue weighted by Crippen LogP contribution is 2.11. The topological polar surface area (TPSA) is 108 Å². The summed E-state index contributed by atoms with van der Waals surface area (Å²) in [5, 5.41) is 5.16. The van der Waals surface area contributed by atoms with E-state index in [1.165, 1.54) is 55.8 Å². The fraction of sp³-hybridized carbons (Fsp3) is 0.278. The van der Waals surface area contributed by atoms with Gasteiger partial charge in [0.25, 0.3) is 0 Å². The number of hydrogen-bond donors (Lipinski definition) is 2. The Morgan fingerprint density at radius 3 is 2.32 bits per heavy atom. The third-order valence-electron chi connectivity index (χ3n) is 3.76. The van der Waals surface area contributed by atoms with Crippen molar-refractivity contribution in [2.45, 2.75) is 11.3 Å². The third-order valence-corrected chi connectivity index (χ3v) is 5.54. The first-order valence-electron chi connectivity index (χ1n) is 8.43. The maximum absolute atomic E-state index is 12.8. The summed E-state index contributed by atoms with van der Waals surface area (Å²) in [4.78, 5) is 27.5.